The van der Waals surface area contributed by atoms with E-state index >= 15 is 0 Å². The minimum absolute atomic E-state index is 0.128. The van der Waals surface area contributed by atoms with Gasteiger partial charge in [-0.2, -0.15) is 5.10 Å². The summed E-state index contributed by atoms with van der Waals surface area (Å²) >= 11 is 0. The molecule has 0 spiro atoms. The van der Waals surface area contributed by atoms with Crippen molar-refractivity contribution in [3.8, 4) is 5.75 Å². The number of aromatic nitrogens is 1. The average molecular weight is 471 g/mol. The number of para-hydroxylation sites is 2. The first-order valence-corrected chi connectivity index (χ1v) is 10.7. The number of furan rings is 2. The van der Waals surface area contributed by atoms with E-state index in [1.807, 2.05) is 47.2 Å². The van der Waals surface area contributed by atoms with E-state index in [9.17, 15) is 9.59 Å². The molecule has 0 radical (unpaired) electrons. The van der Waals surface area contributed by atoms with Crippen molar-refractivity contribution >= 4 is 40.0 Å². The molecule has 1 amide bonds. The van der Waals surface area contributed by atoms with E-state index in [0.29, 0.717) is 23.6 Å². The van der Waals surface area contributed by atoms with Crippen LogP contribution in [0.25, 0.3) is 21.9 Å². The van der Waals surface area contributed by atoms with Crippen LogP contribution in [0.15, 0.2) is 80.8 Å². The Bertz CT molecular complexity index is 1570. The number of hydrogen-bond acceptors (Lipinski definition) is 7. The molecule has 0 saturated carbocycles. The summed E-state index contributed by atoms with van der Waals surface area (Å²) in [6, 6.07) is 18.2. The molecule has 5 aromatic rings. The second kappa shape index (κ2) is 9.22. The van der Waals surface area contributed by atoms with Crippen LogP contribution in [0.4, 0.5) is 0 Å². The number of hydrogen-bond donors (Lipinski definition) is 1. The highest BCUT2D eigenvalue weighted by molar-refractivity contribution is 6.01. The lowest BCUT2D eigenvalue weighted by Gasteiger charge is -2.02. The Kier molecular flexibility index (Phi) is 5.80. The van der Waals surface area contributed by atoms with Crippen LogP contribution in [0.1, 0.15) is 32.4 Å². The van der Waals surface area contributed by atoms with Crippen LogP contribution in [0.3, 0.4) is 0 Å². The van der Waals surface area contributed by atoms with Crippen LogP contribution in [0.2, 0.25) is 0 Å². The van der Waals surface area contributed by atoms with Gasteiger partial charge in [-0.05, 0) is 30.3 Å². The summed E-state index contributed by atoms with van der Waals surface area (Å²) in [5.74, 6) is 0.417. The Morgan fingerprint density at radius 3 is 2.71 bits per heavy atom. The van der Waals surface area contributed by atoms with Crippen LogP contribution in [0.5, 0.6) is 5.75 Å². The van der Waals surface area contributed by atoms with Gasteiger partial charge < -0.3 is 22.9 Å². The van der Waals surface area contributed by atoms with Crippen LogP contribution in [0, 0.1) is 0 Å². The minimum Gasteiger partial charge on any atom is -0.493 e. The average Bonchev–Trinajstić information content (AvgIpc) is 3.61. The molecule has 0 bridgehead atoms. The first kappa shape index (κ1) is 22.0. The molecule has 9 nitrogen and oxygen atoms in total. The molecular formula is C26H21N3O6. The Hall–Kier alpha value is -4.79. The monoisotopic (exact) mass is 471 g/mol. The van der Waals surface area contributed by atoms with Crippen molar-refractivity contribution in [2.24, 2.45) is 5.10 Å². The number of rotatable bonds is 7. The third kappa shape index (κ3) is 4.26. The fraction of sp³-hybridized carbons (Fsp3) is 0.115. The summed E-state index contributed by atoms with van der Waals surface area (Å²) < 4.78 is 23.2. The molecule has 0 unspecified atom stereocenters. The Morgan fingerprint density at radius 1 is 1.03 bits per heavy atom. The van der Waals surface area contributed by atoms with Crippen molar-refractivity contribution in [3.63, 3.8) is 0 Å². The molecule has 0 aliphatic heterocycles. The zero-order chi connectivity index (χ0) is 24.4. The SMILES string of the molecule is COC(=O)c1ccc(Cn2cc(/C=N\NC(=O)c3cc4cccc(OC)c4o3)c3ccccc32)o1. The maximum atomic E-state index is 12.6. The highest BCUT2D eigenvalue weighted by atomic mass is 16.5. The highest BCUT2D eigenvalue weighted by Gasteiger charge is 2.15. The van der Waals surface area contributed by atoms with Gasteiger partial charge in [0.25, 0.3) is 0 Å². The van der Waals surface area contributed by atoms with E-state index in [1.165, 1.54) is 7.11 Å². The molecule has 0 aliphatic rings. The zero-order valence-corrected chi connectivity index (χ0v) is 19.0. The number of fused-ring (bicyclic) bond motifs is 2. The quantitative estimate of drug-likeness (QED) is 0.211. The van der Waals surface area contributed by atoms with E-state index < -0.39 is 11.9 Å². The molecule has 9 heteroatoms. The molecule has 35 heavy (non-hydrogen) atoms. The number of methoxy groups -OCH3 is 2. The van der Waals surface area contributed by atoms with Gasteiger partial charge in [0, 0.05) is 28.0 Å². The Labute approximate surface area is 199 Å². The molecule has 0 fully saturated rings. The van der Waals surface area contributed by atoms with Gasteiger partial charge in [0.05, 0.1) is 27.0 Å². The molecule has 176 valence electrons. The number of nitrogens with one attached hydrogen (secondary N) is 1. The van der Waals surface area contributed by atoms with E-state index in [4.69, 9.17) is 18.3 Å². The van der Waals surface area contributed by atoms with Gasteiger partial charge in [-0.15, -0.1) is 0 Å². The van der Waals surface area contributed by atoms with Gasteiger partial charge in [-0.1, -0.05) is 30.3 Å². The molecule has 0 atom stereocenters. The fourth-order valence-electron chi connectivity index (χ4n) is 3.87. The first-order valence-electron chi connectivity index (χ1n) is 10.7. The van der Waals surface area contributed by atoms with E-state index in [-0.39, 0.29) is 11.5 Å². The number of benzene rings is 2. The molecule has 2 aromatic carbocycles. The zero-order valence-electron chi connectivity index (χ0n) is 19.0. The second-order valence-corrected chi connectivity index (χ2v) is 7.68. The van der Waals surface area contributed by atoms with Crippen LogP contribution < -0.4 is 10.2 Å². The van der Waals surface area contributed by atoms with E-state index in [0.717, 1.165) is 21.9 Å². The van der Waals surface area contributed by atoms with Gasteiger partial charge in [0.15, 0.2) is 17.1 Å². The largest absolute Gasteiger partial charge is 0.493 e. The third-order valence-corrected chi connectivity index (χ3v) is 5.52. The predicted molar refractivity (Wildman–Crippen MR) is 129 cm³/mol. The van der Waals surface area contributed by atoms with Crippen LogP contribution in [-0.2, 0) is 11.3 Å². The van der Waals surface area contributed by atoms with Gasteiger partial charge in [0.1, 0.15) is 5.76 Å². The first-order chi connectivity index (χ1) is 17.1. The van der Waals surface area contributed by atoms with Crippen LogP contribution >= 0.6 is 0 Å². The Morgan fingerprint density at radius 2 is 1.89 bits per heavy atom. The van der Waals surface area contributed by atoms with Crippen molar-refractivity contribution in [2.45, 2.75) is 6.54 Å². The van der Waals surface area contributed by atoms with Crippen molar-refractivity contribution in [3.05, 3.63) is 89.7 Å². The van der Waals surface area contributed by atoms with Crippen molar-refractivity contribution in [1.29, 1.82) is 0 Å². The standard InChI is InChI=1S/C26H21N3O6/c1-32-21-9-5-6-16-12-23(35-24(16)21)25(30)28-27-13-17-14-29(20-8-4-3-7-19(17)20)15-18-10-11-22(34-18)26(31)33-2/h3-14H,15H2,1-2H3,(H,28,30)/b27-13-. The van der Waals surface area contributed by atoms with Gasteiger partial charge in [0.2, 0.25) is 5.76 Å². The number of nitrogens with zero attached hydrogens (tertiary/aromatic N) is 2. The molecule has 1 N–H and O–H groups in total. The van der Waals surface area contributed by atoms with Gasteiger partial charge >= 0.3 is 11.9 Å². The topological polar surface area (TPSA) is 108 Å². The number of amides is 1. The van der Waals surface area contributed by atoms with E-state index in [1.54, 1.807) is 37.6 Å². The van der Waals surface area contributed by atoms with E-state index in [2.05, 4.69) is 10.5 Å². The summed E-state index contributed by atoms with van der Waals surface area (Å²) in [6.45, 7) is 0.401. The predicted octanol–water partition coefficient (Wildman–Crippen LogP) is 4.59. The summed E-state index contributed by atoms with van der Waals surface area (Å²) in [4.78, 5) is 24.2. The third-order valence-electron chi connectivity index (χ3n) is 5.52. The number of carbonyl (C=O) groups excluding carboxylic acids is 2. The lowest BCUT2D eigenvalue weighted by atomic mass is 10.2. The number of esters is 1. The van der Waals surface area contributed by atoms with Crippen molar-refractivity contribution in [1.82, 2.24) is 9.99 Å². The summed E-state index contributed by atoms with van der Waals surface area (Å²) in [5.41, 5.74) is 4.75. The number of hydrazone groups is 1. The van der Waals surface area contributed by atoms with Crippen molar-refractivity contribution in [2.75, 3.05) is 14.2 Å². The lowest BCUT2D eigenvalue weighted by Crippen LogP contribution is -2.16. The summed E-state index contributed by atoms with van der Waals surface area (Å²) in [5, 5.41) is 5.83. The fourth-order valence-corrected chi connectivity index (χ4v) is 3.87. The normalized spacial score (nSPS) is 11.4. The molecule has 5 rings (SSSR count). The smallest absolute Gasteiger partial charge is 0.373 e. The number of carbonyl (C=O) groups is 2. The maximum Gasteiger partial charge on any atom is 0.373 e. The molecular weight excluding hydrogens is 450 g/mol. The Balaban J connectivity index is 1.36. The highest BCUT2D eigenvalue weighted by Crippen LogP contribution is 2.28. The van der Waals surface area contributed by atoms with Gasteiger partial charge in [-0.3, -0.25) is 4.79 Å². The van der Waals surface area contributed by atoms with Crippen molar-refractivity contribution < 1.29 is 27.9 Å². The van der Waals surface area contributed by atoms with Crippen LogP contribution in [-0.4, -0.2) is 36.9 Å². The molecule has 0 aliphatic carbocycles. The molecule has 3 heterocycles. The molecule has 0 saturated heterocycles. The number of ether oxygens (including phenoxy) is 2. The minimum atomic E-state index is -0.528. The molecule has 3 aromatic heterocycles. The lowest BCUT2D eigenvalue weighted by molar-refractivity contribution is 0.0562. The maximum absolute atomic E-state index is 12.6. The van der Waals surface area contributed by atoms with Gasteiger partial charge in [-0.25, -0.2) is 10.2 Å². The second-order valence-electron chi connectivity index (χ2n) is 7.68. The summed E-state index contributed by atoms with van der Waals surface area (Å²) in [6.07, 6.45) is 3.47. The summed E-state index contributed by atoms with van der Waals surface area (Å²) in [7, 11) is 2.85.